The molecule has 0 heterocycles. The number of hydrogen-bond donors (Lipinski definition) is 1. The summed E-state index contributed by atoms with van der Waals surface area (Å²) in [6.45, 7) is 3.17. The molecule has 0 fully saturated rings. The topological polar surface area (TPSA) is 106 Å². The molecule has 0 amide bonds. The summed E-state index contributed by atoms with van der Waals surface area (Å²) < 4.78 is 39.2. The van der Waals surface area contributed by atoms with Crippen molar-refractivity contribution in [1.29, 1.82) is 0 Å². The van der Waals surface area contributed by atoms with Gasteiger partial charge in [-0.25, -0.2) is 18.2 Å². The van der Waals surface area contributed by atoms with Crippen molar-refractivity contribution >= 4 is 21.9 Å². The first-order valence-electron chi connectivity index (χ1n) is 12.4. The average Bonchev–Trinajstić information content (AvgIpc) is 2.93. The molecule has 0 bridgehead atoms. The van der Waals surface area contributed by atoms with Crippen molar-refractivity contribution in [2.24, 2.45) is 4.99 Å². The molecule has 202 valence electrons. The van der Waals surface area contributed by atoms with Crippen molar-refractivity contribution < 1.29 is 27.8 Å². The molecule has 38 heavy (non-hydrogen) atoms. The molecule has 2 atom stereocenters. The third kappa shape index (κ3) is 7.74. The van der Waals surface area contributed by atoms with Crippen molar-refractivity contribution in [2.45, 2.75) is 43.9 Å². The van der Waals surface area contributed by atoms with E-state index in [1.165, 1.54) is 19.2 Å². The van der Waals surface area contributed by atoms with Crippen LogP contribution in [-0.4, -0.2) is 62.0 Å². The number of nitrogens with zero attached hydrogens (tertiary/aromatic N) is 2. The number of aryl methyl sites for hydroxylation is 1. The van der Waals surface area contributed by atoms with Crippen LogP contribution in [0.1, 0.15) is 23.6 Å². The maximum Gasteiger partial charge on any atom is 0.331 e. The standard InChI is InChI=1S/C29H34N2O6S/c1-4-36-29(33)26(19-23-11-7-5-8-12-23)30-28(37-21-24-13-9-6-10-14-24)27(20-32)31(3)38(34,35)25-17-15-22(2)16-18-25/h5-18,26-27,32H,4,19-21H2,1-3H3/t26-,27-/m0/s1. The van der Waals surface area contributed by atoms with Gasteiger partial charge in [-0.2, -0.15) is 4.31 Å². The zero-order valence-corrected chi connectivity index (χ0v) is 22.7. The SMILES string of the molecule is CCOC(=O)[C@H](Cc1ccccc1)N=C(OCc1ccccc1)[C@H](CO)N(C)S(=O)(=O)c1ccc(C)cc1. The van der Waals surface area contributed by atoms with E-state index in [2.05, 4.69) is 4.99 Å². The normalized spacial score (nSPS) is 13.7. The van der Waals surface area contributed by atoms with Crippen molar-refractivity contribution in [1.82, 2.24) is 4.31 Å². The number of aliphatic hydroxyl groups is 1. The van der Waals surface area contributed by atoms with Crippen LogP contribution in [0.2, 0.25) is 0 Å². The molecular formula is C29H34N2O6S. The Hall–Kier alpha value is -3.53. The molecule has 0 aliphatic rings. The van der Waals surface area contributed by atoms with Crippen LogP contribution in [0.4, 0.5) is 0 Å². The Morgan fingerprint density at radius 2 is 1.50 bits per heavy atom. The highest BCUT2D eigenvalue weighted by atomic mass is 32.2. The number of benzene rings is 3. The molecule has 0 saturated heterocycles. The largest absolute Gasteiger partial charge is 0.475 e. The Balaban J connectivity index is 2.02. The summed E-state index contributed by atoms with van der Waals surface area (Å²) in [6, 6.07) is 22.8. The fourth-order valence-corrected chi connectivity index (χ4v) is 5.06. The van der Waals surface area contributed by atoms with Gasteiger partial charge >= 0.3 is 5.97 Å². The molecule has 9 heteroatoms. The lowest BCUT2D eigenvalue weighted by Crippen LogP contribution is -2.46. The Morgan fingerprint density at radius 3 is 2.05 bits per heavy atom. The highest BCUT2D eigenvalue weighted by Gasteiger charge is 2.34. The van der Waals surface area contributed by atoms with Gasteiger partial charge in [0.15, 0.2) is 6.04 Å². The van der Waals surface area contributed by atoms with Crippen LogP contribution in [-0.2, 0) is 37.3 Å². The van der Waals surface area contributed by atoms with E-state index in [0.29, 0.717) is 0 Å². The number of esters is 1. The van der Waals surface area contributed by atoms with E-state index in [9.17, 15) is 18.3 Å². The van der Waals surface area contributed by atoms with E-state index in [4.69, 9.17) is 9.47 Å². The average molecular weight is 539 g/mol. The molecule has 0 aromatic heterocycles. The van der Waals surface area contributed by atoms with Crippen LogP contribution in [0.5, 0.6) is 0 Å². The third-order valence-corrected chi connectivity index (χ3v) is 7.82. The molecule has 3 rings (SSSR count). The molecule has 0 unspecified atom stereocenters. The summed E-state index contributed by atoms with van der Waals surface area (Å²) in [4.78, 5) is 17.5. The summed E-state index contributed by atoms with van der Waals surface area (Å²) in [6.07, 6.45) is 0.213. The number of likely N-dealkylation sites (N-methyl/N-ethyl adjacent to an activating group) is 1. The smallest absolute Gasteiger partial charge is 0.331 e. The molecule has 1 N–H and O–H groups in total. The van der Waals surface area contributed by atoms with Crippen LogP contribution in [0, 0.1) is 6.92 Å². The van der Waals surface area contributed by atoms with E-state index in [1.807, 2.05) is 67.6 Å². The quantitative estimate of drug-likeness (QED) is 0.214. The predicted octanol–water partition coefficient (Wildman–Crippen LogP) is 3.77. The van der Waals surface area contributed by atoms with Gasteiger partial charge in [0, 0.05) is 13.5 Å². The molecule has 0 aliphatic carbocycles. The fourth-order valence-electron chi connectivity index (χ4n) is 3.75. The first-order chi connectivity index (χ1) is 18.3. The van der Waals surface area contributed by atoms with Gasteiger partial charge in [-0.15, -0.1) is 0 Å². The van der Waals surface area contributed by atoms with Gasteiger partial charge in [-0.05, 0) is 37.1 Å². The Labute approximate surface area is 224 Å². The minimum atomic E-state index is -4.02. The van der Waals surface area contributed by atoms with Crippen LogP contribution in [0.25, 0.3) is 0 Å². The molecule has 3 aromatic carbocycles. The number of sulfonamides is 1. The monoisotopic (exact) mass is 538 g/mol. The summed E-state index contributed by atoms with van der Waals surface area (Å²) in [5.74, 6) is -0.651. The van der Waals surface area contributed by atoms with Gasteiger partial charge in [0.1, 0.15) is 12.6 Å². The number of rotatable bonds is 12. The van der Waals surface area contributed by atoms with Gasteiger partial charge in [0.2, 0.25) is 15.9 Å². The third-order valence-electron chi connectivity index (χ3n) is 5.94. The molecule has 8 nitrogen and oxygen atoms in total. The minimum absolute atomic E-state index is 0.0650. The van der Waals surface area contributed by atoms with Gasteiger partial charge in [0.25, 0.3) is 0 Å². The Morgan fingerprint density at radius 1 is 0.921 bits per heavy atom. The Bertz CT molecular complexity index is 1300. The number of aliphatic hydroxyl groups excluding tert-OH is 1. The molecular weight excluding hydrogens is 504 g/mol. The lowest BCUT2D eigenvalue weighted by molar-refractivity contribution is -0.144. The minimum Gasteiger partial charge on any atom is -0.475 e. The second-order valence-electron chi connectivity index (χ2n) is 8.73. The second-order valence-corrected chi connectivity index (χ2v) is 10.7. The lowest BCUT2D eigenvalue weighted by atomic mass is 10.1. The molecule has 0 saturated carbocycles. The van der Waals surface area contributed by atoms with Crippen LogP contribution in [0.15, 0.2) is 94.8 Å². The molecule has 3 aromatic rings. The summed E-state index contributed by atoms with van der Waals surface area (Å²) >= 11 is 0. The molecule has 0 spiro atoms. The highest BCUT2D eigenvalue weighted by Crippen LogP contribution is 2.20. The van der Waals surface area contributed by atoms with E-state index < -0.39 is 34.7 Å². The van der Waals surface area contributed by atoms with Crippen molar-refractivity contribution in [3.8, 4) is 0 Å². The highest BCUT2D eigenvalue weighted by molar-refractivity contribution is 7.89. The summed E-state index contributed by atoms with van der Waals surface area (Å²) in [7, 11) is -2.67. The molecule has 0 radical (unpaired) electrons. The van der Waals surface area contributed by atoms with E-state index >= 15 is 0 Å². The van der Waals surface area contributed by atoms with E-state index in [0.717, 1.165) is 21.0 Å². The molecule has 0 aliphatic heterocycles. The van der Waals surface area contributed by atoms with E-state index in [1.54, 1.807) is 19.1 Å². The van der Waals surface area contributed by atoms with Crippen LogP contribution >= 0.6 is 0 Å². The lowest BCUT2D eigenvalue weighted by Gasteiger charge is -2.28. The van der Waals surface area contributed by atoms with Crippen molar-refractivity contribution in [3.63, 3.8) is 0 Å². The number of carbonyl (C=O) groups is 1. The predicted molar refractivity (Wildman–Crippen MR) is 146 cm³/mol. The number of ether oxygens (including phenoxy) is 2. The number of aliphatic imine (C=N–C) groups is 1. The Kier molecular flexibility index (Phi) is 10.6. The number of carbonyl (C=O) groups excluding carboxylic acids is 1. The van der Waals surface area contributed by atoms with Gasteiger partial charge in [-0.1, -0.05) is 78.4 Å². The van der Waals surface area contributed by atoms with Crippen LogP contribution < -0.4 is 0 Å². The second kappa shape index (κ2) is 13.9. The summed E-state index contributed by atoms with van der Waals surface area (Å²) in [5, 5.41) is 10.4. The van der Waals surface area contributed by atoms with Crippen molar-refractivity contribution in [3.05, 3.63) is 102 Å². The van der Waals surface area contributed by atoms with Gasteiger partial charge in [0.05, 0.1) is 18.1 Å². The van der Waals surface area contributed by atoms with Crippen LogP contribution in [0.3, 0.4) is 0 Å². The van der Waals surface area contributed by atoms with Gasteiger partial charge < -0.3 is 14.6 Å². The summed E-state index contributed by atoms with van der Waals surface area (Å²) in [5.41, 5.74) is 2.58. The zero-order chi connectivity index (χ0) is 27.5. The van der Waals surface area contributed by atoms with Crippen molar-refractivity contribution in [2.75, 3.05) is 20.3 Å². The maximum absolute atomic E-state index is 13.4. The maximum atomic E-state index is 13.4. The fraction of sp³-hybridized carbons (Fsp3) is 0.310. The number of hydrogen-bond acceptors (Lipinski definition) is 7. The first kappa shape index (κ1) is 29.0. The zero-order valence-electron chi connectivity index (χ0n) is 21.9. The first-order valence-corrected chi connectivity index (χ1v) is 13.8. The van der Waals surface area contributed by atoms with Gasteiger partial charge in [-0.3, -0.25) is 0 Å². The van der Waals surface area contributed by atoms with E-state index in [-0.39, 0.29) is 30.4 Å².